The fraction of sp³-hybridized carbons (Fsp3) is 0.259. The summed E-state index contributed by atoms with van der Waals surface area (Å²) >= 11 is 0.998. The van der Waals surface area contributed by atoms with Crippen molar-refractivity contribution in [1.29, 1.82) is 0 Å². The van der Waals surface area contributed by atoms with Crippen LogP contribution in [0.4, 0.5) is 16.3 Å². The number of thiophene rings is 1. The number of rotatable bonds is 6. The third-order valence-electron chi connectivity index (χ3n) is 6.42. The molecule has 2 amide bonds. The molecule has 11 heteroatoms. The summed E-state index contributed by atoms with van der Waals surface area (Å²) in [6.45, 7) is 6.67. The van der Waals surface area contributed by atoms with Crippen LogP contribution < -0.4 is 15.5 Å². The maximum absolute atomic E-state index is 13.1. The molecule has 196 valence electrons. The molecule has 38 heavy (non-hydrogen) atoms. The molecule has 0 aliphatic carbocycles. The summed E-state index contributed by atoms with van der Waals surface area (Å²) in [6.07, 6.45) is -1.32. The van der Waals surface area contributed by atoms with E-state index in [-0.39, 0.29) is 16.6 Å². The summed E-state index contributed by atoms with van der Waals surface area (Å²) in [4.78, 5) is 40.7. The number of anilines is 2. The largest absolute Gasteiger partial charge is 0.463 e. The van der Waals surface area contributed by atoms with Crippen LogP contribution in [-0.4, -0.2) is 59.1 Å². The number of nitrogens with one attached hydrogen (secondary N) is 2. The van der Waals surface area contributed by atoms with E-state index < -0.39 is 17.5 Å². The minimum Gasteiger partial charge on any atom is -0.463 e. The normalized spacial score (nSPS) is 13.9. The van der Waals surface area contributed by atoms with Gasteiger partial charge >= 0.3 is 6.09 Å². The first-order valence-electron chi connectivity index (χ1n) is 12.1. The first-order chi connectivity index (χ1) is 18.2. The van der Waals surface area contributed by atoms with Gasteiger partial charge in [-0.25, -0.2) is 4.79 Å². The maximum Gasteiger partial charge on any atom is 0.433 e. The molecule has 4 aromatic rings. The van der Waals surface area contributed by atoms with E-state index >= 15 is 0 Å². The Morgan fingerprint density at radius 3 is 2.34 bits per heavy atom. The Morgan fingerprint density at radius 1 is 1.00 bits per heavy atom. The summed E-state index contributed by atoms with van der Waals surface area (Å²) in [5, 5.41) is 19.8. The SMILES string of the molecule is CC(C)(NC(=O)c1cc2c(NC(=O)c3ccc(N4CCOCC4)cc3)nn(C(=O)O)c2s1)c1ccccc1. The molecule has 0 atom stereocenters. The van der Waals surface area contributed by atoms with E-state index in [9.17, 15) is 19.5 Å². The molecule has 0 bridgehead atoms. The topological polar surface area (TPSA) is 126 Å². The van der Waals surface area contributed by atoms with Gasteiger partial charge in [-0.2, -0.15) is 4.68 Å². The molecule has 1 aliphatic rings. The molecule has 0 unspecified atom stereocenters. The van der Waals surface area contributed by atoms with Crippen molar-refractivity contribution in [2.24, 2.45) is 0 Å². The number of fused-ring (bicyclic) bond motifs is 1. The highest BCUT2D eigenvalue weighted by molar-refractivity contribution is 7.20. The second-order valence-corrected chi connectivity index (χ2v) is 10.4. The number of amides is 2. The van der Waals surface area contributed by atoms with Crippen molar-refractivity contribution >= 4 is 51.0 Å². The predicted octanol–water partition coefficient (Wildman–Crippen LogP) is 4.38. The quantitative estimate of drug-likeness (QED) is 0.336. The van der Waals surface area contributed by atoms with Crippen molar-refractivity contribution in [3.63, 3.8) is 0 Å². The Hall–Kier alpha value is -4.22. The van der Waals surface area contributed by atoms with Gasteiger partial charge in [0.1, 0.15) is 4.83 Å². The number of hydrogen-bond acceptors (Lipinski definition) is 7. The average molecular weight is 534 g/mol. The van der Waals surface area contributed by atoms with Gasteiger partial charge in [0.25, 0.3) is 11.8 Å². The smallest absolute Gasteiger partial charge is 0.433 e. The Bertz CT molecular complexity index is 1490. The van der Waals surface area contributed by atoms with Gasteiger partial charge in [0.05, 0.1) is 29.0 Å². The van der Waals surface area contributed by atoms with Crippen molar-refractivity contribution in [1.82, 2.24) is 15.1 Å². The number of nitrogens with zero attached hydrogens (tertiary/aromatic N) is 3. The number of aromatic nitrogens is 2. The molecule has 1 aliphatic heterocycles. The van der Waals surface area contributed by atoms with Gasteiger partial charge < -0.3 is 25.4 Å². The van der Waals surface area contributed by atoms with Crippen molar-refractivity contribution in [3.8, 4) is 0 Å². The second kappa shape index (κ2) is 10.3. The lowest BCUT2D eigenvalue weighted by molar-refractivity contribution is 0.0915. The monoisotopic (exact) mass is 533 g/mol. The summed E-state index contributed by atoms with van der Waals surface area (Å²) in [5.41, 5.74) is 1.67. The molecular weight excluding hydrogens is 506 g/mol. The standard InChI is InChI=1S/C27H27N5O5S/c1-27(2,18-6-4-3-5-7-18)29-24(34)21-16-20-22(30-32(26(35)36)25(20)38-21)28-23(33)17-8-10-19(11-9-17)31-12-14-37-15-13-31/h3-11,16H,12-15H2,1-2H3,(H,29,34)(H,35,36)(H,28,30,33). The number of carboxylic acid groups (broad SMARTS) is 1. The van der Waals surface area contributed by atoms with Crippen LogP contribution in [0.3, 0.4) is 0 Å². The predicted molar refractivity (Wildman–Crippen MR) is 145 cm³/mol. The number of benzene rings is 2. The van der Waals surface area contributed by atoms with Crippen LogP contribution in [0.5, 0.6) is 0 Å². The zero-order chi connectivity index (χ0) is 26.9. The number of carbonyl (C=O) groups excluding carboxylic acids is 2. The fourth-order valence-corrected chi connectivity index (χ4v) is 5.34. The minimum absolute atomic E-state index is 0.0716. The average Bonchev–Trinajstić information content (AvgIpc) is 3.50. The van der Waals surface area contributed by atoms with Crippen molar-refractivity contribution in [3.05, 3.63) is 76.7 Å². The molecule has 10 nitrogen and oxygen atoms in total. The summed E-state index contributed by atoms with van der Waals surface area (Å²) in [5.74, 6) is -0.715. The number of ether oxygens (including phenoxy) is 1. The van der Waals surface area contributed by atoms with Crippen molar-refractivity contribution in [2.75, 3.05) is 36.5 Å². The van der Waals surface area contributed by atoms with E-state index in [4.69, 9.17) is 4.74 Å². The van der Waals surface area contributed by atoms with Crippen LogP contribution in [0.2, 0.25) is 0 Å². The fourth-order valence-electron chi connectivity index (χ4n) is 4.34. The summed E-state index contributed by atoms with van der Waals surface area (Å²) in [7, 11) is 0. The van der Waals surface area contributed by atoms with Crippen molar-refractivity contribution < 1.29 is 24.2 Å². The Kier molecular flexibility index (Phi) is 6.87. The third-order valence-corrected chi connectivity index (χ3v) is 7.53. The first kappa shape index (κ1) is 25.4. The van der Waals surface area contributed by atoms with Gasteiger partial charge in [-0.15, -0.1) is 16.4 Å². The van der Waals surface area contributed by atoms with Crippen LogP contribution in [0.15, 0.2) is 60.7 Å². The van der Waals surface area contributed by atoms with Crippen LogP contribution in [0.25, 0.3) is 10.2 Å². The lowest BCUT2D eigenvalue weighted by Crippen LogP contribution is -2.40. The van der Waals surface area contributed by atoms with Gasteiger partial charge in [0.15, 0.2) is 5.82 Å². The lowest BCUT2D eigenvalue weighted by Gasteiger charge is -2.28. The molecule has 0 spiro atoms. The van der Waals surface area contributed by atoms with Gasteiger partial charge in [-0.1, -0.05) is 30.3 Å². The van der Waals surface area contributed by atoms with Crippen LogP contribution in [0.1, 0.15) is 39.4 Å². The van der Waals surface area contributed by atoms with Gasteiger partial charge in [-0.3, -0.25) is 9.59 Å². The second-order valence-electron chi connectivity index (χ2n) is 9.42. The van der Waals surface area contributed by atoms with Gasteiger partial charge in [-0.05, 0) is 49.7 Å². The number of carbonyl (C=O) groups is 3. The van der Waals surface area contributed by atoms with Gasteiger partial charge in [0, 0.05) is 24.3 Å². The van der Waals surface area contributed by atoms with Crippen molar-refractivity contribution in [2.45, 2.75) is 19.4 Å². The highest BCUT2D eigenvalue weighted by atomic mass is 32.1. The Labute approximate surface area is 222 Å². The van der Waals surface area contributed by atoms with E-state index in [0.29, 0.717) is 29.0 Å². The van der Waals surface area contributed by atoms with Crippen LogP contribution in [-0.2, 0) is 10.3 Å². The lowest BCUT2D eigenvalue weighted by atomic mass is 9.94. The molecule has 1 saturated heterocycles. The zero-order valence-electron chi connectivity index (χ0n) is 20.9. The van der Waals surface area contributed by atoms with E-state index in [1.54, 1.807) is 18.2 Å². The van der Waals surface area contributed by atoms with E-state index in [1.165, 1.54) is 0 Å². The number of morpholine rings is 1. The summed E-state index contributed by atoms with van der Waals surface area (Å²) < 4.78 is 6.16. The first-order valence-corrected chi connectivity index (χ1v) is 12.9. The number of hydrogen-bond donors (Lipinski definition) is 3. The van der Waals surface area contributed by atoms with Gasteiger partial charge in [0.2, 0.25) is 0 Å². The molecule has 1 fully saturated rings. The van der Waals surface area contributed by atoms with E-state index in [2.05, 4.69) is 20.6 Å². The molecule has 5 rings (SSSR count). The Balaban J connectivity index is 1.37. The Morgan fingerprint density at radius 2 is 1.68 bits per heavy atom. The molecule has 0 radical (unpaired) electrons. The highest BCUT2D eigenvalue weighted by Gasteiger charge is 2.27. The van der Waals surface area contributed by atoms with Crippen LogP contribution in [0, 0.1) is 0 Å². The zero-order valence-corrected chi connectivity index (χ0v) is 21.7. The molecular formula is C27H27N5O5S. The molecule has 2 aromatic heterocycles. The molecule has 2 aromatic carbocycles. The molecule has 3 heterocycles. The van der Waals surface area contributed by atoms with Crippen LogP contribution >= 0.6 is 11.3 Å². The molecule has 3 N–H and O–H groups in total. The third kappa shape index (κ3) is 5.11. The van der Waals surface area contributed by atoms with E-state index in [1.807, 2.05) is 56.3 Å². The minimum atomic E-state index is -1.32. The van der Waals surface area contributed by atoms with E-state index in [0.717, 1.165) is 40.4 Å². The molecule has 0 saturated carbocycles. The maximum atomic E-state index is 13.1. The summed E-state index contributed by atoms with van der Waals surface area (Å²) in [6, 6.07) is 18.3. The highest BCUT2D eigenvalue weighted by Crippen LogP contribution is 2.32.